The Kier molecular flexibility index (Phi) is 4.71. The van der Waals surface area contributed by atoms with Gasteiger partial charge in [-0.3, -0.25) is 4.57 Å². The van der Waals surface area contributed by atoms with E-state index in [0.717, 1.165) is 27.4 Å². The molecule has 0 fully saturated rings. The fraction of sp³-hybridized carbons (Fsp3) is 0.0500. The molecular formula is C20H14Cl2N2S. The van der Waals surface area contributed by atoms with Gasteiger partial charge in [0, 0.05) is 21.5 Å². The number of aromatic nitrogens is 2. The molecule has 0 amide bonds. The Morgan fingerprint density at radius 3 is 2.24 bits per heavy atom. The molecule has 5 heteroatoms. The largest absolute Gasteiger partial charge is 0.287 e. The molecule has 1 heterocycles. The number of nitrogens with zero attached hydrogens (tertiary/aromatic N) is 2. The molecule has 0 spiro atoms. The zero-order valence-corrected chi connectivity index (χ0v) is 15.5. The van der Waals surface area contributed by atoms with Gasteiger partial charge in [-0.25, -0.2) is 4.98 Å². The van der Waals surface area contributed by atoms with Gasteiger partial charge in [0.05, 0.1) is 11.0 Å². The van der Waals surface area contributed by atoms with Crippen molar-refractivity contribution in [2.24, 2.45) is 0 Å². The molecule has 2 nitrogen and oxygen atoms in total. The predicted molar refractivity (Wildman–Crippen MR) is 107 cm³/mol. The molecule has 25 heavy (non-hydrogen) atoms. The average molecular weight is 385 g/mol. The summed E-state index contributed by atoms with van der Waals surface area (Å²) in [4.78, 5) is 4.80. The number of hydrogen-bond acceptors (Lipinski definition) is 2. The molecule has 0 N–H and O–H groups in total. The van der Waals surface area contributed by atoms with E-state index >= 15 is 0 Å². The number of imidazole rings is 1. The van der Waals surface area contributed by atoms with Crippen molar-refractivity contribution in [3.05, 3.63) is 88.4 Å². The van der Waals surface area contributed by atoms with Gasteiger partial charge in [0.2, 0.25) is 0 Å². The fourth-order valence-corrected chi connectivity index (χ4v) is 4.50. The molecule has 124 valence electrons. The maximum Gasteiger partial charge on any atom is 0.174 e. The summed E-state index contributed by atoms with van der Waals surface area (Å²) < 4.78 is 2.17. The number of para-hydroxylation sites is 3. The predicted octanol–water partition coefficient (Wildman–Crippen LogP) is 6.62. The van der Waals surface area contributed by atoms with E-state index in [1.54, 1.807) is 11.8 Å². The Hall–Kier alpha value is -1.94. The zero-order chi connectivity index (χ0) is 17.2. The summed E-state index contributed by atoms with van der Waals surface area (Å²) in [7, 11) is 0. The van der Waals surface area contributed by atoms with Crippen LogP contribution in [0.1, 0.15) is 5.56 Å². The van der Waals surface area contributed by atoms with E-state index in [2.05, 4.69) is 22.8 Å². The minimum absolute atomic E-state index is 0.661. The van der Waals surface area contributed by atoms with Crippen LogP contribution in [0.25, 0.3) is 16.7 Å². The van der Waals surface area contributed by atoms with Crippen LogP contribution >= 0.6 is 35.0 Å². The Bertz CT molecular complexity index is 1010. The smallest absolute Gasteiger partial charge is 0.174 e. The molecule has 4 rings (SSSR count). The lowest BCUT2D eigenvalue weighted by atomic mass is 10.2. The first-order valence-electron chi connectivity index (χ1n) is 7.82. The average Bonchev–Trinajstić information content (AvgIpc) is 3.00. The van der Waals surface area contributed by atoms with E-state index in [9.17, 15) is 0 Å². The van der Waals surface area contributed by atoms with Gasteiger partial charge in [0.15, 0.2) is 5.16 Å². The number of hydrogen-bond donors (Lipinski definition) is 0. The molecule has 4 aromatic rings. The second-order valence-electron chi connectivity index (χ2n) is 5.54. The van der Waals surface area contributed by atoms with Crippen LogP contribution in [-0.2, 0) is 5.75 Å². The maximum absolute atomic E-state index is 6.31. The van der Waals surface area contributed by atoms with Crippen LogP contribution in [0, 0.1) is 0 Å². The molecule has 0 atom stereocenters. The van der Waals surface area contributed by atoms with Gasteiger partial charge in [-0.2, -0.15) is 0 Å². The summed E-state index contributed by atoms with van der Waals surface area (Å²) >= 11 is 14.2. The Morgan fingerprint density at radius 2 is 1.48 bits per heavy atom. The molecular weight excluding hydrogens is 371 g/mol. The Morgan fingerprint density at radius 1 is 0.800 bits per heavy atom. The lowest BCUT2D eigenvalue weighted by molar-refractivity contribution is 0.919. The van der Waals surface area contributed by atoms with Crippen molar-refractivity contribution < 1.29 is 0 Å². The molecule has 3 aromatic carbocycles. The van der Waals surface area contributed by atoms with E-state index in [0.29, 0.717) is 15.8 Å². The van der Waals surface area contributed by atoms with Crippen LogP contribution in [0.3, 0.4) is 0 Å². The summed E-state index contributed by atoms with van der Waals surface area (Å²) in [5, 5.41) is 2.29. The van der Waals surface area contributed by atoms with E-state index in [1.807, 2.05) is 54.6 Å². The normalized spacial score (nSPS) is 11.1. The van der Waals surface area contributed by atoms with Crippen molar-refractivity contribution in [2.75, 3.05) is 0 Å². The Labute approximate surface area is 160 Å². The number of benzene rings is 3. The second kappa shape index (κ2) is 7.12. The third kappa shape index (κ3) is 3.28. The molecule has 0 saturated carbocycles. The lowest BCUT2D eigenvalue weighted by Gasteiger charge is -2.10. The van der Waals surface area contributed by atoms with E-state index in [1.165, 1.54) is 0 Å². The summed E-state index contributed by atoms with van der Waals surface area (Å²) in [5.41, 5.74) is 4.08. The highest BCUT2D eigenvalue weighted by Gasteiger charge is 2.14. The van der Waals surface area contributed by atoms with Crippen LogP contribution in [-0.4, -0.2) is 9.55 Å². The zero-order valence-electron chi connectivity index (χ0n) is 13.2. The molecule has 0 bridgehead atoms. The van der Waals surface area contributed by atoms with Crippen LogP contribution in [0.2, 0.25) is 10.0 Å². The quantitative estimate of drug-likeness (QED) is 0.367. The second-order valence-corrected chi connectivity index (χ2v) is 7.30. The highest BCUT2D eigenvalue weighted by Crippen LogP contribution is 2.34. The van der Waals surface area contributed by atoms with Gasteiger partial charge < -0.3 is 0 Å². The molecule has 1 aromatic heterocycles. The number of rotatable bonds is 4. The first-order chi connectivity index (χ1) is 12.2. The summed E-state index contributed by atoms with van der Waals surface area (Å²) in [6.45, 7) is 0. The lowest BCUT2D eigenvalue weighted by Crippen LogP contribution is -1.96. The van der Waals surface area contributed by atoms with E-state index in [-0.39, 0.29) is 0 Å². The number of fused-ring (bicyclic) bond motifs is 1. The summed E-state index contributed by atoms with van der Waals surface area (Å²) in [5.74, 6) is 0.661. The number of thioether (sulfide) groups is 1. The highest BCUT2D eigenvalue weighted by atomic mass is 35.5. The molecule has 0 aliphatic carbocycles. The topological polar surface area (TPSA) is 17.8 Å². The van der Waals surface area contributed by atoms with Crippen LogP contribution in [0.5, 0.6) is 0 Å². The Balaban J connectivity index is 1.77. The van der Waals surface area contributed by atoms with Crippen LogP contribution < -0.4 is 0 Å². The van der Waals surface area contributed by atoms with Crippen molar-refractivity contribution in [2.45, 2.75) is 10.9 Å². The van der Waals surface area contributed by atoms with Gasteiger partial charge in [-0.05, 0) is 42.0 Å². The highest BCUT2D eigenvalue weighted by molar-refractivity contribution is 7.98. The molecule has 0 radical (unpaired) electrons. The summed E-state index contributed by atoms with van der Waals surface area (Å²) in [6.07, 6.45) is 0. The first-order valence-corrected chi connectivity index (χ1v) is 9.57. The number of halogens is 2. The molecule has 0 unspecified atom stereocenters. The SMILES string of the molecule is Clc1cccc(Cl)c1CSc1nc2ccccc2n1-c1ccccc1. The molecule has 0 aliphatic heterocycles. The standard InChI is InChI=1S/C20H14Cl2N2S/c21-16-9-6-10-17(22)15(16)13-25-20-23-18-11-4-5-12-19(18)24(20)14-7-2-1-3-8-14/h1-12H,13H2. The maximum atomic E-state index is 6.31. The van der Waals surface area contributed by atoms with Gasteiger partial charge in [0.25, 0.3) is 0 Å². The van der Waals surface area contributed by atoms with Gasteiger partial charge in [-0.1, -0.05) is 71.4 Å². The van der Waals surface area contributed by atoms with Crippen molar-refractivity contribution in [3.63, 3.8) is 0 Å². The van der Waals surface area contributed by atoms with Gasteiger partial charge >= 0.3 is 0 Å². The fourth-order valence-electron chi connectivity index (χ4n) is 2.73. The van der Waals surface area contributed by atoms with Crippen molar-refractivity contribution >= 4 is 46.0 Å². The van der Waals surface area contributed by atoms with Gasteiger partial charge in [-0.15, -0.1) is 0 Å². The third-order valence-electron chi connectivity index (χ3n) is 3.95. The van der Waals surface area contributed by atoms with Gasteiger partial charge in [0.1, 0.15) is 0 Å². The minimum Gasteiger partial charge on any atom is -0.287 e. The van der Waals surface area contributed by atoms with Crippen molar-refractivity contribution in [1.82, 2.24) is 9.55 Å². The van der Waals surface area contributed by atoms with Crippen molar-refractivity contribution in [3.8, 4) is 5.69 Å². The molecule has 0 saturated heterocycles. The monoisotopic (exact) mass is 384 g/mol. The van der Waals surface area contributed by atoms with Crippen LogP contribution in [0.4, 0.5) is 0 Å². The summed E-state index contributed by atoms with van der Waals surface area (Å²) in [6, 6.07) is 24.0. The van der Waals surface area contributed by atoms with E-state index in [4.69, 9.17) is 28.2 Å². The van der Waals surface area contributed by atoms with E-state index < -0.39 is 0 Å². The van der Waals surface area contributed by atoms with Crippen molar-refractivity contribution in [1.29, 1.82) is 0 Å². The first kappa shape index (κ1) is 16.5. The third-order valence-corrected chi connectivity index (χ3v) is 5.62. The van der Waals surface area contributed by atoms with Crippen LogP contribution in [0.15, 0.2) is 78.0 Å². The molecule has 0 aliphatic rings. The minimum atomic E-state index is 0.661.